The number of hydrogen-bond donors (Lipinski definition) is 2. The van der Waals surface area contributed by atoms with Gasteiger partial charge in [-0.05, 0) is 30.5 Å². The Morgan fingerprint density at radius 2 is 2.30 bits per heavy atom. The molecule has 1 aromatic heterocycles. The lowest BCUT2D eigenvalue weighted by Crippen LogP contribution is -2.25. The predicted molar refractivity (Wildman–Crippen MR) is 74.7 cm³/mol. The van der Waals surface area contributed by atoms with Crippen LogP contribution in [0.1, 0.15) is 18.4 Å². The number of nitrogens with one attached hydrogen (secondary N) is 2. The quantitative estimate of drug-likeness (QED) is 0.745. The maximum atomic E-state index is 11.6. The fraction of sp³-hybridized carbons (Fsp3) is 0.429. The van der Waals surface area contributed by atoms with Crippen molar-refractivity contribution in [2.75, 3.05) is 20.3 Å². The summed E-state index contributed by atoms with van der Waals surface area (Å²) in [6.45, 7) is 1.27. The van der Waals surface area contributed by atoms with Gasteiger partial charge in [-0.15, -0.1) is 0 Å². The third-order valence-corrected chi connectivity index (χ3v) is 2.97. The number of hydrogen-bond acceptors (Lipinski definition) is 4. The highest BCUT2D eigenvalue weighted by molar-refractivity contribution is 5.77. The zero-order valence-electron chi connectivity index (χ0n) is 11.4. The zero-order chi connectivity index (χ0) is 14.4. The molecular formula is C14H18N2O4. The second kappa shape index (κ2) is 6.91. The largest absolute Gasteiger partial charge is 0.417 e. The number of oxazole rings is 1. The van der Waals surface area contributed by atoms with Crippen molar-refractivity contribution in [1.82, 2.24) is 10.3 Å². The zero-order valence-corrected chi connectivity index (χ0v) is 11.4. The van der Waals surface area contributed by atoms with E-state index in [1.807, 2.05) is 12.1 Å². The number of amides is 1. The number of carbonyl (C=O) groups excluding carboxylic acids is 1. The Balaban J connectivity index is 1.82. The van der Waals surface area contributed by atoms with Crippen LogP contribution in [0.2, 0.25) is 0 Å². The minimum Gasteiger partial charge on any atom is -0.408 e. The van der Waals surface area contributed by atoms with Crippen molar-refractivity contribution >= 4 is 17.0 Å². The van der Waals surface area contributed by atoms with Crippen LogP contribution in [0.25, 0.3) is 11.1 Å². The number of benzene rings is 1. The molecule has 0 aliphatic carbocycles. The van der Waals surface area contributed by atoms with Crippen molar-refractivity contribution in [1.29, 1.82) is 0 Å². The number of aromatic nitrogens is 1. The molecule has 6 heteroatoms. The van der Waals surface area contributed by atoms with Gasteiger partial charge >= 0.3 is 5.76 Å². The molecule has 0 atom stereocenters. The summed E-state index contributed by atoms with van der Waals surface area (Å²) >= 11 is 0. The first kappa shape index (κ1) is 14.3. The van der Waals surface area contributed by atoms with Crippen LogP contribution in [-0.4, -0.2) is 31.2 Å². The highest BCUT2D eigenvalue weighted by Gasteiger charge is 2.05. The van der Waals surface area contributed by atoms with Crippen molar-refractivity contribution in [2.45, 2.75) is 19.3 Å². The van der Waals surface area contributed by atoms with Crippen LogP contribution in [0.15, 0.2) is 27.4 Å². The third-order valence-electron chi connectivity index (χ3n) is 2.97. The van der Waals surface area contributed by atoms with E-state index in [1.54, 1.807) is 13.2 Å². The number of fused-ring (bicyclic) bond motifs is 1. The van der Waals surface area contributed by atoms with E-state index in [1.165, 1.54) is 0 Å². The first-order valence-electron chi connectivity index (χ1n) is 6.56. The van der Waals surface area contributed by atoms with Crippen molar-refractivity contribution in [3.63, 3.8) is 0 Å². The van der Waals surface area contributed by atoms with E-state index >= 15 is 0 Å². The first-order chi connectivity index (χ1) is 9.69. The minimum absolute atomic E-state index is 0.0156. The van der Waals surface area contributed by atoms with Crippen LogP contribution >= 0.6 is 0 Å². The lowest BCUT2D eigenvalue weighted by Gasteiger charge is -2.05. The van der Waals surface area contributed by atoms with Crippen LogP contribution in [0, 0.1) is 0 Å². The van der Waals surface area contributed by atoms with Gasteiger partial charge in [-0.2, -0.15) is 0 Å². The minimum atomic E-state index is -0.465. The van der Waals surface area contributed by atoms with Crippen LogP contribution in [0.4, 0.5) is 0 Å². The van der Waals surface area contributed by atoms with Gasteiger partial charge in [0.15, 0.2) is 5.58 Å². The second-order valence-corrected chi connectivity index (χ2v) is 4.54. The Bertz CT molecular complexity index is 629. The molecule has 2 aromatic rings. The van der Waals surface area contributed by atoms with E-state index in [4.69, 9.17) is 9.15 Å². The lowest BCUT2D eigenvalue weighted by atomic mass is 10.1. The van der Waals surface area contributed by atoms with Crippen molar-refractivity contribution in [2.24, 2.45) is 0 Å². The maximum Gasteiger partial charge on any atom is 0.417 e. The number of aryl methyl sites for hydroxylation is 1. The summed E-state index contributed by atoms with van der Waals surface area (Å²) in [6, 6.07) is 5.43. The fourth-order valence-electron chi connectivity index (χ4n) is 1.95. The van der Waals surface area contributed by atoms with E-state index in [2.05, 4.69) is 10.3 Å². The molecule has 1 amide bonds. The Morgan fingerprint density at radius 1 is 1.45 bits per heavy atom. The van der Waals surface area contributed by atoms with Gasteiger partial charge in [0.25, 0.3) is 0 Å². The molecule has 0 bridgehead atoms. The topological polar surface area (TPSA) is 84.3 Å². The third kappa shape index (κ3) is 3.96. The number of rotatable bonds is 7. The molecule has 0 aliphatic heterocycles. The number of methoxy groups -OCH3 is 1. The summed E-state index contributed by atoms with van der Waals surface area (Å²) in [4.78, 5) is 25.3. The van der Waals surface area contributed by atoms with Crippen molar-refractivity contribution < 1.29 is 13.9 Å². The SMILES string of the molecule is COCCCNC(=O)CCc1ccc2oc(=O)[nH]c2c1. The van der Waals surface area contributed by atoms with E-state index < -0.39 is 5.76 Å². The van der Waals surface area contributed by atoms with E-state index in [0.29, 0.717) is 37.1 Å². The summed E-state index contributed by atoms with van der Waals surface area (Å²) in [5.41, 5.74) is 2.18. The van der Waals surface area contributed by atoms with Gasteiger partial charge in [0.2, 0.25) is 5.91 Å². The Hall–Kier alpha value is -2.08. The average Bonchev–Trinajstić information content (AvgIpc) is 2.80. The molecule has 0 radical (unpaired) electrons. The average molecular weight is 278 g/mol. The van der Waals surface area contributed by atoms with Crippen LogP contribution in [0.5, 0.6) is 0 Å². The summed E-state index contributed by atoms with van der Waals surface area (Å²) in [7, 11) is 1.64. The fourth-order valence-corrected chi connectivity index (χ4v) is 1.95. The number of carbonyl (C=O) groups is 1. The molecule has 0 saturated heterocycles. The summed E-state index contributed by atoms with van der Waals surface area (Å²) in [5, 5.41) is 2.83. The number of aromatic amines is 1. The molecule has 2 N–H and O–H groups in total. The van der Waals surface area contributed by atoms with E-state index in [-0.39, 0.29) is 5.91 Å². The lowest BCUT2D eigenvalue weighted by molar-refractivity contribution is -0.121. The van der Waals surface area contributed by atoms with Gasteiger partial charge < -0.3 is 14.5 Å². The Morgan fingerprint density at radius 3 is 3.10 bits per heavy atom. The van der Waals surface area contributed by atoms with Crippen LogP contribution in [0.3, 0.4) is 0 Å². The standard InChI is InChI=1S/C14H18N2O4/c1-19-8-2-7-15-13(17)6-4-10-3-5-12-11(9-10)16-14(18)20-12/h3,5,9H,2,4,6-8H2,1H3,(H,15,17)(H,16,18). The molecule has 1 heterocycles. The van der Waals surface area contributed by atoms with Gasteiger partial charge in [0.05, 0.1) is 5.52 Å². The summed E-state index contributed by atoms with van der Waals surface area (Å²) in [5.74, 6) is -0.449. The van der Waals surface area contributed by atoms with Crippen molar-refractivity contribution in [3.8, 4) is 0 Å². The highest BCUT2D eigenvalue weighted by atomic mass is 16.5. The molecule has 1 aromatic carbocycles. The molecule has 2 rings (SSSR count). The molecule has 20 heavy (non-hydrogen) atoms. The molecule has 0 fully saturated rings. The van der Waals surface area contributed by atoms with Crippen molar-refractivity contribution in [3.05, 3.63) is 34.3 Å². The van der Waals surface area contributed by atoms with Gasteiger partial charge in [-0.3, -0.25) is 9.78 Å². The van der Waals surface area contributed by atoms with E-state index in [9.17, 15) is 9.59 Å². The summed E-state index contributed by atoms with van der Waals surface area (Å²) in [6.07, 6.45) is 1.85. The second-order valence-electron chi connectivity index (χ2n) is 4.54. The Labute approximate surface area is 116 Å². The van der Waals surface area contributed by atoms with Crippen LogP contribution in [-0.2, 0) is 16.0 Å². The van der Waals surface area contributed by atoms with E-state index in [0.717, 1.165) is 12.0 Å². The number of H-pyrrole nitrogens is 1. The predicted octanol–water partition coefficient (Wildman–Crippen LogP) is 1.21. The molecular weight excluding hydrogens is 260 g/mol. The first-order valence-corrected chi connectivity index (χ1v) is 6.56. The molecule has 0 aliphatic rings. The molecule has 108 valence electrons. The summed E-state index contributed by atoms with van der Waals surface area (Å²) < 4.78 is 9.83. The van der Waals surface area contributed by atoms with Gasteiger partial charge in [0.1, 0.15) is 0 Å². The van der Waals surface area contributed by atoms with Crippen LogP contribution < -0.4 is 11.1 Å². The molecule has 0 unspecified atom stereocenters. The number of ether oxygens (including phenoxy) is 1. The van der Waals surface area contributed by atoms with Gasteiger partial charge in [0, 0.05) is 26.7 Å². The molecule has 0 saturated carbocycles. The van der Waals surface area contributed by atoms with Gasteiger partial charge in [-0.25, -0.2) is 4.79 Å². The molecule has 0 spiro atoms. The highest BCUT2D eigenvalue weighted by Crippen LogP contribution is 2.13. The molecule has 6 nitrogen and oxygen atoms in total. The normalized spacial score (nSPS) is 10.8. The Kier molecular flexibility index (Phi) is 4.95. The maximum absolute atomic E-state index is 11.6. The monoisotopic (exact) mass is 278 g/mol. The van der Waals surface area contributed by atoms with Gasteiger partial charge in [-0.1, -0.05) is 6.07 Å². The smallest absolute Gasteiger partial charge is 0.408 e.